The molecule has 0 saturated carbocycles. The number of carbonyl (C=O) groups excluding carboxylic acids is 2. The number of aryl methyl sites for hydroxylation is 2. The normalized spacial score (nSPS) is 18.9. The highest BCUT2D eigenvalue weighted by Crippen LogP contribution is 2.39. The zero-order valence-electron chi connectivity index (χ0n) is 16.8. The van der Waals surface area contributed by atoms with Crippen LogP contribution >= 0.6 is 0 Å². The maximum Gasteiger partial charge on any atom is 0.295 e. The molecule has 28 heavy (non-hydrogen) atoms. The first-order valence-corrected chi connectivity index (χ1v) is 9.51. The Morgan fingerprint density at radius 2 is 1.75 bits per heavy atom. The fourth-order valence-corrected chi connectivity index (χ4v) is 3.57. The van der Waals surface area contributed by atoms with Gasteiger partial charge in [-0.2, -0.15) is 0 Å². The van der Waals surface area contributed by atoms with E-state index in [-0.39, 0.29) is 11.3 Å². The predicted molar refractivity (Wildman–Crippen MR) is 109 cm³/mol. The van der Waals surface area contributed by atoms with E-state index < -0.39 is 17.7 Å². The van der Waals surface area contributed by atoms with Crippen LogP contribution in [-0.4, -0.2) is 48.9 Å². The van der Waals surface area contributed by atoms with Crippen molar-refractivity contribution >= 4 is 17.4 Å². The van der Waals surface area contributed by atoms with Gasteiger partial charge in [-0.3, -0.25) is 9.59 Å². The first kappa shape index (κ1) is 19.8. The van der Waals surface area contributed by atoms with Crippen molar-refractivity contribution in [3.05, 3.63) is 76.4 Å². The number of likely N-dealkylation sites (tertiary alicyclic amines) is 1. The Kier molecular flexibility index (Phi) is 5.66. The van der Waals surface area contributed by atoms with Gasteiger partial charge in [0.1, 0.15) is 5.76 Å². The number of aliphatic hydroxyl groups excluding tert-OH is 1. The lowest BCUT2D eigenvalue weighted by Crippen LogP contribution is -3.06. The predicted octanol–water partition coefficient (Wildman–Crippen LogP) is 1.87. The van der Waals surface area contributed by atoms with Crippen molar-refractivity contribution in [2.45, 2.75) is 19.9 Å². The van der Waals surface area contributed by atoms with Gasteiger partial charge in [-0.05, 0) is 31.0 Å². The SMILES string of the molecule is Cc1ccc(C)c(C(O)=C2C(=O)C(=O)N(CC[NH+](C)C)C2c2ccccc2)c1. The van der Waals surface area contributed by atoms with E-state index in [4.69, 9.17) is 0 Å². The van der Waals surface area contributed by atoms with Crippen LogP contribution < -0.4 is 4.90 Å². The van der Waals surface area contributed by atoms with Gasteiger partial charge in [0.15, 0.2) is 0 Å². The number of amides is 1. The van der Waals surface area contributed by atoms with E-state index in [9.17, 15) is 14.7 Å². The number of quaternary nitrogens is 1. The highest BCUT2D eigenvalue weighted by molar-refractivity contribution is 6.46. The highest BCUT2D eigenvalue weighted by atomic mass is 16.3. The van der Waals surface area contributed by atoms with Crippen molar-refractivity contribution < 1.29 is 19.6 Å². The lowest BCUT2D eigenvalue weighted by atomic mass is 9.93. The molecule has 1 aliphatic heterocycles. The van der Waals surface area contributed by atoms with Crippen molar-refractivity contribution in [3.63, 3.8) is 0 Å². The van der Waals surface area contributed by atoms with Crippen molar-refractivity contribution in [1.82, 2.24) is 4.90 Å². The Morgan fingerprint density at radius 3 is 2.39 bits per heavy atom. The number of hydrogen-bond donors (Lipinski definition) is 2. The third-order valence-electron chi connectivity index (χ3n) is 5.16. The van der Waals surface area contributed by atoms with Gasteiger partial charge < -0.3 is 14.9 Å². The van der Waals surface area contributed by atoms with Crippen LogP contribution in [-0.2, 0) is 9.59 Å². The molecule has 2 aromatic carbocycles. The molecular formula is C23H27N2O3+. The van der Waals surface area contributed by atoms with E-state index in [1.165, 1.54) is 4.90 Å². The Hall–Kier alpha value is -2.92. The van der Waals surface area contributed by atoms with Crippen LogP contribution in [0, 0.1) is 13.8 Å². The van der Waals surface area contributed by atoms with E-state index in [0.717, 1.165) is 16.7 Å². The molecule has 1 saturated heterocycles. The molecule has 1 atom stereocenters. The van der Waals surface area contributed by atoms with Gasteiger partial charge in [0.05, 0.1) is 38.8 Å². The average Bonchev–Trinajstić information content (AvgIpc) is 2.93. The first-order chi connectivity index (χ1) is 13.3. The molecule has 0 bridgehead atoms. The van der Waals surface area contributed by atoms with Gasteiger partial charge in [-0.1, -0.05) is 48.0 Å². The molecule has 0 aliphatic carbocycles. The van der Waals surface area contributed by atoms with Crippen LogP contribution in [0.5, 0.6) is 0 Å². The minimum atomic E-state index is -0.624. The minimum Gasteiger partial charge on any atom is -0.507 e. The smallest absolute Gasteiger partial charge is 0.295 e. The van der Waals surface area contributed by atoms with Crippen molar-refractivity contribution in [3.8, 4) is 0 Å². The van der Waals surface area contributed by atoms with Crippen LogP contribution in [0.1, 0.15) is 28.3 Å². The summed E-state index contributed by atoms with van der Waals surface area (Å²) >= 11 is 0. The monoisotopic (exact) mass is 379 g/mol. The van der Waals surface area contributed by atoms with Crippen LogP contribution in [0.25, 0.3) is 5.76 Å². The third-order valence-corrected chi connectivity index (χ3v) is 5.16. The van der Waals surface area contributed by atoms with E-state index in [2.05, 4.69) is 0 Å². The van der Waals surface area contributed by atoms with Crippen molar-refractivity contribution in [1.29, 1.82) is 0 Å². The Labute approximate surface area is 165 Å². The highest BCUT2D eigenvalue weighted by Gasteiger charge is 2.46. The lowest BCUT2D eigenvalue weighted by Gasteiger charge is -2.25. The quantitative estimate of drug-likeness (QED) is 0.474. The van der Waals surface area contributed by atoms with E-state index in [0.29, 0.717) is 18.7 Å². The molecule has 1 amide bonds. The van der Waals surface area contributed by atoms with Gasteiger partial charge in [-0.25, -0.2) is 0 Å². The second kappa shape index (κ2) is 7.98. The fraction of sp³-hybridized carbons (Fsp3) is 0.304. The van der Waals surface area contributed by atoms with Crippen LogP contribution in [0.2, 0.25) is 0 Å². The molecule has 146 valence electrons. The third kappa shape index (κ3) is 3.71. The summed E-state index contributed by atoms with van der Waals surface area (Å²) < 4.78 is 0. The number of ketones is 1. The number of nitrogens with one attached hydrogen (secondary N) is 1. The number of rotatable bonds is 5. The number of Topliss-reactive ketones (excluding diaryl/α,β-unsaturated/α-hetero) is 1. The number of aliphatic hydroxyl groups is 1. The van der Waals surface area contributed by atoms with E-state index in [1.807, 2.05) is 76.5 Å². The average molecular weight is 379 g/mol. The maximum absolute atomic E-state index is 12.9. The van der Waals surface area contributed by atoms with Crippen LogP contribution in [0.4, 0.5) is 0 Å². The molecule has 5 nitrogen and oxygen atoms in total. The summed E-state index contributed by atoms with van der Waals surface area (Å²) in [4.78, 5) is 28.5. The Morgan fingerprint density at radius 1 is 1.07 bits per heavy atom. The molecule has 5 heteroatoms. The number of hydrogen-bond acceptors (Lipinski definition) is 3. The van der Waals surface area contributed by atoms with E-state index in [1.54, 1.807) is 4.90 Å². The van der Waals surface area contributed by atoms with Crippen molar-refractivity contribution in [2.75, 3.05) is 27.2 Å². The number of likely N-dealkylation sites (N-methyl/N-ethyl adjacent to an activating group) is 1. The zero-order chi connectivity index (χ0) is 20.4. The fourth-order valence-electron chi connectivity index (χ4n) is 3.57. The van der Waals surface area contributed by atoms with Gasteiger partial charge in [0, 0.05) is 5.56 Å². The number of benzene rings is 2. The zero-order valence-corrected chi connectivity index (χ0v) is 16.8. The van der Waals surface area contributed by atoms with Crippen LogP contribution in [0.3, 0.4) is 0 Å². The summed E-state index contributed by atoms with van der Waals surface area (Å²) in [7, 11) is 4.01. The van der Waals surface area contributed by atoms with Gasteiger partial charge in [-0.15, -0.1) is 0 Å². The van der Waals surface area contributed by atoms with E-state index >= 15 is 0 Å². The summed E-state index contributed by atoms with van der Waals surface area (Å²) in [6.45, 7) is 4.97. The Balaban J connectivity index is 2.18. The lowest BCUT2D eigenvalue weighted by molar-refractivity contribution is -0.857. The molecule has 0 radical (unpaired) electrons. The van der Waals surface area contributed by atoms with Crippen LogP contribution in [0.15, 0.2) is 54.1 Å². The molecular weight excluding hydrogens is 352 g/mol. The summed E-state index contributed by atoms with van der Waals surface area (Å²) in [6.07, 6.45) is 0. The number of nitrogens with zero attached hydrogens (tertiary/aromatic N) is 1. The van der Waals surface area contributed by atoms with Crippen molar-refractivity contribution in [2.24, 2.45) is 0 Å². The second-order valence-corrected chi connectivity index (χ2v) is 7.68. The molecule has 1 unspecified atom stereocenters. The molecule has 1 aliphatic rings. The minimum absolute atomic E-state index is 0.104. The van der Waals surface area contributed by atoms with Gasteiger partial charge in [0.25, 0.3) is 11.7 Å². The summed E-state index contributed by atoms with van der Waals surface area (Å²) in [5, 5.41) is 11.1. The molecule has 3 rings (SSSR count). The summed E-state index contributed by atoms with van der Waals surface area (Å²) in [5.41, 5.74) is 3.42. The molecule has 0 aromatic heterocycles. The maximum atomic E-state index is 12.9. The summed E-state index contributed by atoms with van der Waals surface area (Å²) in [6, 6.07) is 14.6. The topological polar surface area (TPSA) is 62.0 Å². The molecule has 2 N–H and O–H groups in total. The van der Waals surface area contributed by atoms with Gasteiger partial charge in [0.2, 0.25) is 0 Å². The molecule has 1 heterocycles. The largest absolute Gasteiger partial charge is 0.507 e. The first-order valence-electron chi connectivity index (χ1n) is 9.51. The second-order valence-electron chi connectivity index (χ2n) is 7.68. The Bertz CT molecular complexity index is 932. The molecule has 2 aromatic rings. The standard InChI is InChI=1S/C23H26N2O3/c1-15-10-11-16(2)18(14-15)21(26)19-20(17-8-6-5-7-9-17)25(13-12-24(3)4)23(28)22(19)27/h5-11,14,20,26H,12-13H2,1-4H3/p+1. The molecule has 0 spiro atoms. The molecule has 1 fully saturated rings. The number of carbonyl (C=O) groups is 2. The summed E-state index contributed by atoms with van der Waals surface area (Å²) in [5.74, 6) is -1.28. The van der Waals surface area contributed by atoms with Gasteiger partial charge >= 0.3 is 0 Å².